The van der Waals surface area contributed by atoms with Gasteiger partial charge in [-0.1, -0.05) is 12.2 Å². The van der Waals surface area contributed by atoms with E-state index in [0.717, 1.165) is 17.7 Å². The average molecular weight is 282 g/mol. The molecule has 98 valence electrons. The summed E-state index contributed by atoms with van der Waals surface area (Å²) in [4.78, 5) is 16.6. The molecule has 5 heteroatoms. The fraction of sp³-hybridized carbons (Fsp3) is 0.538. The first kappa shape index (κ1) is 13.5. The number of thiocarbonyl (C=S) groups is 1. The molecule has 1 amide bonds. The van der Waals surface area contributed by atoms with Crippen molar-refractivity contribution in [2.45, 2.75) is 32.6 Å². The smallest absolute Gasteiger partial charge is 0.264 e. The SMILES string of the molecule is CCN(CC(N)=S)C(=O)c1cc2c(s1)CCCC2. The van der Waals surface area contributed by atoms with Gasteiger partial charge in [0.15, 0.2) is 0 Å². The van der Waals surface area contributed by atoms with Crippen LogP contribution in [-0.4, -0.2) is 28.9 Å². The van der Waals surface area contributed by atoms with Crippen molar-refractivity contribution in [1.82, 2.24) is 4.90 Å². The number of aryl methyl sites for hydroxylation is 2. The minimum atomic E-state index is 0.0599. The number of thiophene rings is 1. The second-order valence-electron chi connectivity index (χ2n) is 4.55. The van der Waals surface area contributed by atoms with Crippen molar-refractivity contribution in [3.05, 3.63) is 21.4 Å². The predicted molar refractivity (Wildman–Crippen MR) is 79.3 cm³/mol. The largest absolute Gasteiger partial charge is 0.392 e. The average Bonchev–Trinajstić information content (AvgIpc) is 2.78. The van der Waals surface area contributed by atoms with Crippen LogP contribution in [0.5, 0.6) is 0 Å². The first-order valence-electron chi connectivity index (χ1n) is 6.31. The zero-order valence-corrected chi connectivity index (χ0v) is 12.2. The Morgan fingerprint density at radius 2 is 2.22 bits per heavy atom. The number of carbonyl (C=O) groups is 1. The van der Waals surface area contributed by atoms with Crippen LogP contribution in [0.25, 0.3) is 0 Å². The highest BCUT2D eigenvalue weighted by molar-refractivity contribution is 7.80. The molecule has 1 aromatic heterocycles. The molecule has 3 nitrogen and oxygen atoms in total. The predicted octanol–water partition coefficient (Wildman–Crippen LogP) is 2.38. The van der Waals surface area contributed by atoms with Crippen LogP contribution in [0, 0.1) is 0 Å². The van der Waals surface area contributed by atoms with E-state index in [1.165, 1.54) is 23.3 Å². The molecule has 0 saturated carbocycles. The number of fused-ring (bicyclic) bond motifs is 1. The van der Waals surface area contributed by atoms with Crippen LogP contribution in [0.2, 0.25) is 0 Å². The molecule has 1 aliphatic rings. The van der Waals surface area contributed by atoms with Crippen LogP contribution in [0.1, 0.15) is 39.9 Å². The lowest BCUT2D eigenvalue weighted by molar-refractivity contribution is 0.0792. The first-order chi connectivity index (χ1) is 8.61. The highest BCUT2D eigenvalue weighted by atomic mass is 32.1. The summed E-state index contributed by atoms with van der Waals surface area (Å²) in [7, 11) is 0. The molecule has 0 bridgehead atoms. The number of rotatable bonds is 4. The molecule has 0 saturated heterocycles. The summed E-state index contributed by atoms with van der Waals surface area (Å²) in [6, 6.07) is 2.06. The molecule has 0 aliphatic heterocycles. The molecule has 0 fully saturated rings. The molecule has 2 N–H and O–H groups in total. The van der Waals surface area contributed by atoms with Gasteiger partial charge in [0.2, 0.25) is 0 Å². The van der Waals surface area contributed by atoms with Crippen molar-refractivity contribution in [1.29, 1.82) is 0 Å². The van der Waals surface area contributed by atoms with Crippen molar-refractivity contribution >= 4 is 34.5 Å². The van der Waals surface area contributed by atoms with E-state index >= 15 is 0 Å². The van der Waals surface area contributed by atoms with Gasteiger partial charge < -0.3 is 10.6 Å². The van der Waals surface area contributed by atoms with Gasteiger partial charge in [-0.3, -0.25) is 4.79 Å². The van der Waals surface area contributed by atoms with Gasteiger partial charge in [0.25, 0.3) is 5.91 Å². The zero-order chi connectivity index (χ0) is 13.1. The van der Waals surface area contributed by atoms with Gasteiger partial charge in [-0.2, -0.15) is 0 Å². The van der Waals surface area contributed by atoms with Crippen molar-refractivity contribution in [2.75, 3.05) is 13.1 Å². The number of amides is 1. The van der Waals surface area contributed by atoms with Crippen LogP contribution >= 0.6 is 23.6 Å². The summed E-state index contributed by atoms with van der Waals surface area (Å²) in [5, 5.41) is 0. The number of likely N-dealkylation sites (N-methyl/N-ethyl adjacent to an activating group) is 1. The standard InChI is InChI=1S/C13H18N2OS2/c1-2-15(8-12(14)17)13(16)11-7-9-5-3-4-6-10(9)18-11/h7H,2-6,8H2,1H3,(H2,14,17). The Kier molecular flexibility index (Phi) is 4.35. The number of nitrogens with zero attached hydrogens (tertiary/aromatic N) is 1. The van der Waals surface area contributed by atoms with E-state index in [0.29, 0.717) is 18.1 Å². The highest BCUT2D eigenvalue weighted by Gasteiger charge is 2.20. The Morgan fingerprint density at radius 3 is 2.83 bits per heavy atom. The molecular weight excluding hydrogens is 264 g/mol. The van der Waals surface area contributed by atoms with Gasteiger partial charge in [-0.05, 0) is 44.2 Å². The quantitative estimate of drug-likeness (QED) is 0.863. The number of hydrogen-bond acceptors (Lipinski definition) is 3. The van der Waals surface area contributed by atoms with E-state index in [1.807, 2.05) is 6.92 Å². The van der Waals surface area contributed by atoms with Crippen molar-refractivity contribution in [2.24, 2.45) is 5.73 Å². The summed E-state index contributed by atoms with van der Waals surface area (Å²) in [5.41, 5.74) is 6.89. The van der Waals surface area contributed by atoms with E-state index in [9.17, 15) is 4.79 Å². The van der Waals surface area contributed by atoms with Crippen LogP contribution in [0.3, 0.4) is 0 Å². The Bertz CT molecular complexity index is 444. The maximum absolute atomic E-state index is 12.4. The van der Waals surface area contributed by atoms with Gasteiger partial charge in [0, 0.05) is 11.4 Å². The zero-order valence-electron chi connectivity index (χ0n) is 10.6. The van der Waals surface area contributed by atoms with E-state index in [1.54, 1.807) is 16.2 Å². The fourth-order valence-corrected chi connectivity index (χ4v) is 3.64. The highest BCUT2D eigenvalue weighted by Crippen LogP contribution is 2.30. The fourth-order valence-electron chi connectivity index (χ4n) is 2.27. The number of nitrogens with two attached hydrogens (primary N) is 1. The van der Waals surface area contributed by atoms with Gasteiger partial charge in [0.1, 0.15) is 0 Å². The first-order valence-corrected chi connectivity index (χ1v) is 7.53. The number of carbonyl (C=O) groups excluding carboxylic acids is 1. The molecule has 0 aromatic carbocycles. The molecule has 0 atom stereocenters. The third-order valence-electron chi connectivity index (χ3n) is 3.22. The second-order valence-corrected chi connectivity index (χ2v) is 6.21. The Labute approximate surface area is 117 Å². The van der Waals surface area contributed by atoms with Gasteiger partial charge >= 0.3 is 0 Å². The Morgan fingerprint density at radius 1 is 1.50 bits per heavy atom. The normalized spacial score (nSPS) is 14.1. The van der Waals surface area contributed by atoms with Crippen molar-refractivity contribution in [3.8, 4) is 0 Å². The molecule has 0 spiro atoms. The minimum Gasteiger partial charge on any atom is -0.392 e. The van der Waals surface area contributed by atoms with Gasteiger partial charge in [-0.15, -0.1) is 11.3 Å². The van der Waals surface area contributed by atoms with E-state index in [2.05, 4.69) is 6.07 Å². The molecular formula is C13H18N2OS2. The van der Waals surface area contributed by atoms with Crippen LogP contribution in [0.4, 0.5) is 0 Å². The maximum atomic E-state index is 12.4. The van der Waals surface area contributed by atoms with Crippen LogP contribution < -0.4 is 5.73 Å². The lowest BCUT2D eigenvalue weighted by Gasteiger charge is -2.19. The monoisotopic (exact) mass is 282 g/mol. The summed E-state index contributed by atoms with van der Waals surface area (Å²) < 4.78 is 0. The third kappa shape index (κ3) is 2.90. The minimum absolute atomic E-state index is 0.0599. The second kappa shape index (κ2) is 5.80. The van der Waals surface area contributed by atoms with Crippen molar-refractivity contribution < 1.29 is 4.79 Å². The molecule has 2 rings (SSSR count). The topological polar surface area (TPSA) is 46.3 Å². The maximum Gasteiger partial charge on any atom is 0.264 e. The summed E-state index contributed by atoms with van der Waals surface area (Å²) in [6.45, 7) is 2.95. The lowest BCUT2D eigenvalue weighted by atomic mass is 9.99. The lowest BCUT2D eigenvalue weighted by Crippen LogP contribution is -2.37. The van der Waals surface area contributed by atoms with Crippen molar-refractivity contribution in [3.63, 3.8) is 0 Å². The van der Waals surface area contributed by atoms with E-state index < -0.39 is 0 Å². The molecule has 0 unspecified atom stereocenters. The Hall–Kier alpha value is -0.940. The Balaban J connectivity index is 2.16. The van der Waals surface area contributed by atoms with Gasteiger partial charge in [0.05, 0.1) is 16.4 Å². The molecule has 1 aromatic rings. The molecule has 1 heterocycles. The van der Waals surface area contributed by atoms with E-state index in [-0.39, 0.29) is 5.91 Å². The van der Waals surface area contributed by atoms with Crippen LogP contribution in [0.15, 0.2) is 6.07 Å². The number of hydrogen-bond donors (Lipinski definition) is 1. The molecule has 1 aliphatic carbocycles. The summed E-state index contributed by atoms with van der Waals surface area (Å²) in [5.74, 6) is 0.0599. The third-order valence-corrected chi connectivity index (χ3v) is 4.58. The molecule has 18 heavy (non-hydrogen) atoms. The van der Waals surface area contributed by atoms with E-state index in [4.69, 9.17) is 18.0 Å². The summed E-state index contributed by atoms with van der Waals surface area (Å²) in [6.07, 6.45) is 4.71. The van der Waals surface area contributed by atoms with Crippen LogP contribution in [-0.2, 0) is 12.8 Å². The van der Waals surface area contributed by atoms with Gasteiger partial charge in [-0.25, -0.2) is 0 Å². The molecule has 0 radical (unpaired) electrons. The summed E-state index contributed by atoms with van der Waals surface area (Å²) >= 11 is 6.52.